The molecule has 0 fully saturated rings. The van der Waals surface area contributed by atoms with E-state index in [0.717, 1.165) is 16.8 Å². The van der Waals surface area contributed by atoms with Gasteiger partial charge in [0.2, 0.25) is 0 Å². The Labute approximate surface area is 105 Å². The third-order valence-electron chi connectivity index (χ3n) is 2.74. The van der Waals surface area contributed by atoms with Crippen molar-refractivity contribution in [1.82, 2.24) is 10.2 Å². The van der Waals surface area contributed by atoms with Crippen LogP contribution in [0.25, 0.3) is 11.1 Å². The van der Waals surface area contributed by atoms with Crippen LogP contribution in [0, 0.1) is 6.92 Å². The van der Waals surface area contributed by atoms with Crippen molar-refractivity contribution >= 4 is 5.78 Å². The van der Waals surface area contributed by atoms with Gasteiger partial charge in [-0.3, -0.25) is 4.79 Å². The zero-order chi connectivity index (χ0) is 13.1. The maximum absolute atomic E-state index is 11.2. The molecule has 1 N–H and O–H groups in total. The zero-order valence-electron chi connectivity index (χ0n) is 10.3. The summed E-state index contributed by atoms with van der Waals surface area (Å²) in [7, 11) is 0. The molecule has 0 saturated heterocycles. The summed E-state index contributed by atoms with van der Waals surface area (Å²) in [6, 6.07) is 9.13. The lowest BCUT2D eigenvalue weighted by Crippen LogP contribution is -1.99. The number of benzene rings is 1. The fourth-order valence-corrected chi connectivity index (χ4v) is 1.77. The predicted molar refractivity (Wildman–Crippen MR) is 68.1 cm³/mol. The normalized spacial score (nSPS) is 10.4. The third kappa shape index (κ3) is 2.43. The molecule has 2 rings (SSSR count). The highest BCUT2D eigenvalue weighted by molar-refractivity contribution is 5.94. The van der Waals surface area contributed by atoms with Crippen LogP contribution in [-0.2, 0) is 6.61 Å². The maximum Gasteiger partial charge on any atom is 0.159 e. The van der Waals surface area contributed by atoms with Gasteiger partial charge in [0.25, 0.3) is 0 Å². The maximum atomic E-state index is 11.2. The molecule has 1 aromatic carbocycles. The molecule has 4 heteroatoms. The first-order valence-electron chi connectivity index (χ1n) is 5.67. The molecule has 0 spiro atoms. The summed E-state index contributed by atoms with van der Waals surface area (Å²) in [6.07, 6.45) is 0. The number of aromatic nitrogens is 2. The molecule has 4 nitrogen and oxygen atoms in total. The van der Waals surface area contributed by atoms with Gasteiger partial charge in [-0.2, -0.15) is 10.2 Å². The SMILES string of the molecule is CC(=O)c1ccc(-c2cc(C)nnc2CO)cc1. The molecule has 0 aliphatic carbocycles. The number of nitrogens with zero attached hydrogens (tertiary/aromatic N) is 2. The Hall–Kier alpha value is -2.07. The molecule has 0 aliphatic rings. The Morgan fingerprint density at radius 1 is 1.22 bits per heavy atom. The Balaban J connectivity index is 2.48. The summed E-state index contributed by atoms with van der Waals surface area (Å²) in [4.78, 5) is 11.2. The van der Waals surface area contributed by atoms with E-state index in [4.69, 9.17) is 0 Å². The van der Waals surface area contributed by atoms with E-state index in [1.165, 1.54) is 6.92 Å². The quantitative estimate of drug-likeness (QED) is 0.838. The van der Waals surface area contributed by atoms with E-state index >= 15 is 0 Å². The number of ketones is 1. The molecule has 0 bridgehead atoms. The standard InChI is InChI=1S/C14H14N2O2/c1-9-7-13(14(8-17)16-15-9)12-5-3-11(4-6-12)10(2)18/h3-7,17H,8H2,1-2H3. The van der Waals surface area contributed by atoms with Gasteiger partial charge in [-0.1, -0.05) is 24.3 Å². The van der Waals surface area contributed by atoms with Gasteiger partial charge in [-0.25, -0.2) is 0 Å². The molecule has 92 valence electrons. The van der Waals surface area contributed by atoms with Gasteiger partial charge in [0.05, 0.1) is 18.0 Å². The Morgan fingerprint density at radius 2 is 1.89 bits per heavy atom. The van der Waals surface area contributed by atoms with Crippen LogP contribution >= 0.6 is 0 Å². The van der Waals surface area contributed by atoms with Crippen LogP contribution in [0.15, 0.2) is 30.3 Å². The lowest BCUT2D eigenvalue weighted by Gasteiger charge is -2.07. The number of carbonyl (C=O) groups is 1. The molecule has 2 aromatic rings. The number of aliphatic hydroxyl groups is 1. The Morgan fingerprint density at radius 3 is 2.44 bits per heavy atom. The van der Waals surface area contributed by atoms with Crippen molar-refractivity contribution in [2.24, 2.45) is 0 Å². The van der Waals surface area contributed by atoms with Crippen molar-refractivity contribution in [1.29, 1.82) is 0 Å². The molecule has 1 heterocycles. The van der Waals surface area contributed by atoms with E-state index in [0.29, 0.717) is 11.3 Å². The van der Waals surface area contributed by atoms with E-state index in [1.54, 1.807) is 12.1 Å². The van der Waals surface area contributed by atoms with Crippen molar-refractivity contribution in [2.75, 3.05) is 0 Å². The lowest BCUT2D eigenvalue weighted by molar-refractivity contribution is 0.101. The van der Waals surface area contributed by atoms with Crippen molar-refractivity contribution in [3.05, 3.63) is 47.3 Å². The monoisotopic (exact) mass is 242 g/mol. The summed E-state index contributed by atoms with van der Waals surface area (Å²) in [5, 5.41) is 17.1. The van der Waals surface area contributed by atoms with E-state index < -0.39 is 0 Å². The molecule has 0 radical (unpaired) electrons. The molecule has 18 heavy (non-hydrogen) atoms. The number of Topliss-reactive ketones (excluding diaryl/α,β-unsaturated/α-hetero) is 1. The Bertz CT molecular complexity index is 577. The molecule has 1 aromatic heterocycles. The van der Waals surface area contributed by atoms with Crippen molar-refractivity contribution in [3.63, 3.8) is 0 Å². The lowest BCUT2D eigenvalue weighted by atomic mass is 10.0. The summed E-state index contributed by atoms with van der Waals surface area (Å²) >= 11 is 0. The Kier molecular flexibility index (Phi) is 3.48. The van der Waals surface area contributed by atoms with Crippen LogP contribution in [-0.4, -0.2) is 21.1 Å². The van der Waals surface area contributed by atoms with Crippen molar-refractivity contribution in [2.45, 2.75) is 20.5 Å². The fraction of sp³-hybridized carbons (Fsp3) is 0.214. The highest BCUT2D eigenvalue weighted by Gasteiger charge is 2.08. The number of carbonyl (C=O) groups excluding carboxylic acids is 1. The molecule has 0 aliphatic heterocycles. The van der Waals surface area contributed by atoms with Gasteiger partial charge >= 0.3 is 0 Å². The first kappa shape index (κ1) is 12.4. The molecular weight excluding hydrogens is 228 g/mol. The van der Waals surface area contributed by atoms with Crippen LogP contribution in [0.4, 0.5) is 0 Å². The zero-order valence-corrected chi connectivity index (χ0v) is 10.3. The van der Waals surface area contributed by atoms with Gasteiger partial charge in [0.1, 0.15) is 0 Å². The number of aryl methyl sites for hydroxylation is 1. The highest BCUT2D eigenvalue weighted by atomic mass is 16.3. The first-order chi connectivity index (χ1) is 8.61. The minimum Gasteiger partial charge on any atom is -0.390 e. The average Bonchev–Trinajstić information content (AvgIpc) is 2.39. The smallest absolute Gasteiger partial charge is 0.159 e. The molecule has 0 atom stereocenters. The van der Waals surface area contributed by atoms with Crippen LogP contribution in [0.1, 0.15) is 28.7 Å². The van der Waals surface area contributed by atoms with Crippen molar-refractivity contribution < 1.29 is 9.90 Å². The van der Waals surface area contributed by atoms with Gasteiger partial charge in [0.15, 0.2) is 5.78 Å². The molecule has 0 unspecified atom stereocenters. The predicted octanol–water partition coefficient (Wildman–Crippen LogP) is 2.15. The number of hydrogen-bond donors (Lipinski definition) is 1. The number of rotatable bonds is 3. The molecular formula is C14H14N2O2. The van der Waals surface area contributed by atoms with E-state index in [-0.39, 0.29) is 12.4 Å². The molecule has 0 saturated carbocycles. The summed E-state index contributed by atoms with van der Waals surface area (Å²) in [5.41, 5.74) is 3.76. The van der Waals surface area contributed by atoms with Crippen LogP contribution in [0.3, 0.4) is 0 Å². The van der Waals surface area contributed by atoms with Gasteiger partial charge in [-0.15, -0.1) is 0 Å². The van der Waals surface area contributed by atoms with E-state index in [2.05, 4.69) is 10.2 Å². The van der Waals surface area contributed by atoms with E-state index in [9.17, 15) is 9.90 Å². The fourth-order valence-electron chi connectivity index (χ4n) is 1.77. The van der Waals surface area contributed by atoms with E-state index in [1.807, 2.05) is 25.1 Å². The van der Waals surface area contributed by atoms with Gasteiger partial charge in [0, 0.05) is 11.1 Å². The first-order valence-corrected chi connectivity index (χ1v) is 5.67. The van der Waals surface area contributed by atoms with Gasteiger partial charge in [-0.05, 0) is 25.5 Å². The second-order valence-corrected chi connectivity index (χ2v) is 4.14. The van der Waals surface area contributed by atoms with Gasteiger partial charge < -0.3 is 5.11 Å². The summed E-state index contributed by atoms with van der Waals surface area (Å²) in [5.74, 6) is 0.0352. The minimum absolute atomic E-state index is 0.0352. The second-order valence-electron chi connectivity index (χ2n) is 4.14. The summed E-state index contributed by atoms with van der Waals surface area (Å²) < 4.78 is 0. The minimum atomic E-state index is -0.156. The van der Waals surface area contributed by atoms with Crippen LogP contribution < -0.4 is 0 Å². The van der Waals surface area contributed by atoms with Crippen LogP contribution in [0.2, 0.25) is 0 Å². The topological polar surface area (TPSA) is 63.1 Å². The number of hydrogen-bond acceptors (Lipinski definition) is 4. The average molecular weight is 242 g/mol. The largest absolute Gasteiger partial charge is 0.390 e. The third-order valence-corrected chi connectivity index (χ3v) is 2.74. The summed E-state index contributed by atoms with van der Waals surface area (Å²) in [6.45, 7) is 3.23. The number of aliphatic hydroxyl groups excluding tert-OH is 1. The van der Waals surface area contributed by atoms with Crippen LogP contribution in [0.5, 0.6) is 0 Å². The highest BCUT2D eigenvalue weighted by Crippen LogP contribution is 2.23. The second kappa shape index (κ2) is 5.06. The molecule has 0 amide bonds. The van der Waals surface area contributed by atoms with Crippen molar-refractivity contribution in [3.8, 4) is 11.1 Å².